The molecule has 53 heavy (non-hydrogen) atoms. The second-order valence-electron chi connectivity index (χ2n) is 16.2. The lowest BCUT2D eigenvalue weighted by Crippen LogP contribution is -2.32. The first-order chi connectivity index (χ1) is 26.1. The quantitative estimate of drug-likeness (QED) is 0.0627. The third-order valence-corrected chi connectivity index (χ3v) is 10.7. The molecule has 0 aromatic rings. The van der Waals surface area contributed by atoms with Gasteiger partial charge >= 0.3 is 6.09 Å². The zero-order chi connectivity index (χ0) is 38.6. The Morgan fingerprint density at radius 2 is 0.792 bits per heavy atom. The van der Waals surface area contributed by atoms with Gasteiger partial charge in [-0.25, -0.2) is 4.79 Å². The van der Waals surface area contributed by atoms with Gasteiger partial charge in [-0.2, -0.15) is 0 Å². The van der Waals surface area contributed by atoms with Gasteiger partial charge in [0.2, 0.25) is 0 Å². The van der Waals surface area contributed by atoms with Crippen LogP contribution in [0.4, 0.5) is 4.79 Å². The average Bonchev–Trinajstić information content (AvgIpc) is 3.15. The zero-order valence-electron chi connectivity index (χ0n) is 36.1. The number of Topliss-reactive ketones (excluding diaryl/α,β-unsaturated/α-hetero) is 1. The van der Waals surface area contributed by atoms with Crippen molar-refractivity contribution in [3.63, 3.8) is 0 Å². The third-order valence-electron chi connectivity index (χ3n) is 10.7. The van der Waals surface area contributed by atoms with Gasteiger partial charge in [-0.1, -0.05) is 213 Å². The number of hydrogen-bond acceptors (Lipinski definition) is 5. The molecule has 0 bridgehead atoms. The van der Waals surface area contributed by atoms with Gasteiger partial charge in [0.05, 0.1) is 6.61 Å². The molecule has 1 amide bonds. The molecular formula is C47H93NO5. The second kappa shape index (κ2) is 45.3. The molecule has 1 N–H and O–H groups in total. The highest BCUT2D eigenvalue weighted by Crippen LogP contribution is 2.15. The molecule has 0 rings (SSSR count). The fraction of sp³-hybridized carbons (Fsp3) is 0.957. The Morgan fingerprint density at radius 1 is 0.434 bits per heavy atom. The molecule has 0 aromatic heterocycles. The van der Waals surface area contributed by atoms with Crippen LogP contribution in [-0.4, -0.2) is 51.0 Å². The van der Waals surface area contributed by atoms with Crippen LogP contribution in [0.15, 0.2) is 0 Å². The second-order valence-corrected chi connectivity index (χ2v) is 16.2. The van der Waals surface area contributed by atoms with Gasteiger partial charge in [0.1, 0.15) is 18.5 Å². The van der Waals surface area contributed by atoms with Gasteiger partial charge in [-0.05, 0) is 32.6 Å². The number of carbonyl (C=O) groups is 2. The van der Waals surface area contributed by atoms with Crippen molar-refractivity contribution in [1.82, 2.24) is 5.32 Å². The van der Waals surface area contributed by atoms with Gasteiger partial charge in [-0.3, -0.25) is 0 Å². The zero-order valence-corrected chi connectivity index (χ0v) is 36.1. The molecule has 0 aromatic carbocycles. The van der Waals surface area contributed by atoms with Gasteiger partial charge in [-0.15, -0.1) is 0 Å². The summed E-state index contributed by atoms with van der Waals surface area (Å²) >= 11 is 0. The molecule has 0 fully saturated rings. The fourth-order valence-electron chi connectivity index (χ4n) is 7.10. The summed E-state index contributed by atoms with van der Waals surface area (Å²) < 4.78 is 17.7. The van der Waals surface area contributed by atoms with E-state index in [1.54, 1.807) is 6.92 Å². The smallest absolute Gasteiger partial charge is 0.407 e. The van der Waals surface area contributed by atoms with Crippen molar-refractivity contribution in [2.45, 2.75) is 258 Å². The number of ketones is 1. The lowest BCUT2D eigenvalue weighted by atomic mass is 10.0. The standard InChI is InChI=1S/C47H93NO5/c1-4-6-8-10-12-14-16-18-20-22-24-26-28-30-32-37-41-51-43-46(44-53-47(50)48-40-36-34-35-39-45(3)49)52-42-38-33-31-29-27-25-23-21-19-17-15-13-11-9-7-5-2/h46H,4-44H2,1-3H3,(H,48,50)/t46-/m1/s1. The highest BCUT2D eigenvalue weighted by Gasteiger charge is 2.13. The summed E-state index contributed by atoms with van der Waals surface area (Å²) in [5, 5.41) is 2.84. The van der Waals surface area contributed by atoms with Crippen molar-refractivity contribution in [2.75, 3.05) is 33.0 Å². The summed E-state index contributed by atoms with van der Waals surface area (Å²) in [5.74, 6) is 0.222. The van der Waals surface area contributed by atoms with Crippen LogP contribution in [0.3, 0.4) is 0 Å². The number of alkyl carbamates (subject to hydrolysis) is 1. The largest absolute Gasteiger partial charge is 0.447 e. The van der Waals surface area contributed by atoms with Crippen molar-refractivity contribution >= 4 is 11.9 Å². The molecule has 316 valence electrons. The maximum Gasteiger partial charge on any atom is 0.407 e. The van der Waals surface area contributed by atoms with Crippen LogP contribution in [0.2, 0.25) is 0 Å². The van der Waals surface area contributed by atoms with E-state index in [1.165, 1.54) is 193 Å². The van der Waals surface area contributed by atoms with E-state index in [9.17, 15) is 9.59 Å². The first kappa shape index (κ1) is 51.9. The SMILES string of the molecule is CCCCCCCCCCCCCCCCCCOC[C@H](COC(=O)NCCCCCC(C)=O)OCCCCCCCCCCCCCCCCCC. The Hall–Kier alpha value is -1.14. The molecule has 0 radical (unpaired) electrons. The van der Waals surface area contributed by atoms with E-state index < -0.39 is 6.09 Å². The van der Waals surface area contributed by atoms with Crippen molar-refractivity contribution in [2.24, 2.45) is 0 Å². The van der Waals surface area contributed by atoms with E-state index in [1.807, 2.05) is 0 Å². The Bertz CT molecular complexity index is 732. The predicted octanol–water partition coefficient (Wildman–Crippen LogP) is 14.8. The first-order valence-electron chi connectivity index (χ1n) is 23.7. The molecule has 0 heterocycles. The van der Waals surface area contributed by atoms with Crippen LogP contribution in [-0.2, 0) is 19.0 Å². The minimum absolute atomic E-state index is 0.216. The van der Waals surface area contributed by atoms with Crippen molar-refractivity contribution in [1.29, 1.82) is 0 Å². The molecule has 0 unspecified atom stereocenters. The van der Waals surface area contributed by atoms with Gasteiger partial charge < -0.3 is 24.3 Å². The normalized spacial score (nSPS) is 12.0. The summed E-state index contributed by atoms with van der Waals surface area (Å²) in [4.78, 5) is 23.4. The van der Waals surface area contributed by atoms with Crippen LogP contribution in [0.1, 0.15) is 252 Å². The maximum atomic E-state index is 12.3. The van der Waals surface area contributed by atoms with E-state index in [2.05, 4.69) is 19.2 Å². The average molecular weight is 752 g/mol. The Kier molecular flexibility index (Phi) is 44.3. The van der Waals surface area contributed by atoms with Crippen LogP contribution >= 0.6 is 0 Å². The minimum atomic E-state index is -0.398. The fourth-order valence-corrected chi connectivity index (χ4v) is 7.10. The number of hydrogen-bond donors (Lipinski definition) is 1. The Morgan fingerprint density at radius 3 is 1.19 bits per heavy atom. The van der Waals surface area contributed by atoms with Gasteiger partial charge in [0, 0.05) is 26.2 Å². The summed E-state index contributed by atoms with van der Waals surface area (Å²) in [7, 11) is 0. The highest BCUT2D eigenvalue weighted by atomic mass is 16.6. The number of nitrogens with one attached hydrogen (secondary N) is 1. The van der Waals surface area contributed by atoms with Crippen molar-refractivity contribution in [3.05, 3.63) is 0 Å². The number of unbranched alkanes of at least 4 members (excludes halogenated alkanes) is 32. The van der Waals surface area contributed by atoms with Crippen LogP contribution < -0.4 is 5.32 Å². The topological polar surface area (TPSA) is 73.9 Å². The maximum absolute atomic E-state index is 12.3. The molecule has 0 saturated carbocycles. The van der Waals surface area contributed by atoms with E-state index in [0.29, 0.717) is 26.2 Å². The van der Waals surface area contributed by atoms with Gasteiger partial charge in [0.25, 0.3) is 0 Å². The highest BCUT2D eigenvalue weighted by molar-refractivity contribution is 5.75. The molecule has 6 nitrogen and oxygen atoms in total. The molecule has 1 atom stereocenters. The lowest BCUT2D eigenvalue weighted by molar-refractivity contribution is -0.117. The summed E-state index contributed by atoms with van der Waals surface area (Å²) in [6, 6.07) is 0. The van der Waals surface area contributed by atoms with E-state index >= 15 is 0 Å². The molecule has 6 heteroatoms. The van der Waals surface area contributed by atoms with Crippen molar-refractivity contribution < 1.29 is 23.8 Å². The molecular weight excluding hydrogens is 659 g/mol. The van der Waals surface area contributed by atoms with E-state index in [0.717, 1.165) is 38.7 Å². The number of amides is 1. The van der Waals surface area contributed by atoms with Crippen LogP contribution in [0, 0.1) is 0 Å². The Balaban J connectivity index is 3.98. The number of rotatable bonds is 45. The predicted molar refractivity (Wildman–Crippen MR) is 228 cm³/mol. The summed E-state index contributed by atoms with van der Waals surface area (Å²) in [6.07, 6.45) is 46.2. The molecule has 0 aliphatic rings. The van der Waals surface area contributed by atoms with Crippen molar-refractivity contribution in [3.8, 4) is 0 Å². The van der Waals surface area contributed by atoms with Gasteiger partial charge in [0.15, 0.2) is 0 Å². The number of ether oxygens (including phenoxy) is 3. The monoisotopic (exact) mass is 752 g/mol. The molecule has 0 aliphatic heterocycles. The molecule has 0 spiro atoms. The molecule has 0 saturated heterocycles. The minimum Gasteiger partial charge on any atom is -0.447 e. The summed E-state index contributed by atoms with van der Waals surface area (Å²) in [6.45, 7) is 8.88. The summed E-state index contributed by atoms with van der Waals surface area (Å²) in [5.41, 5.74) is 0. The van der Waals surface area contributed by atoms with Crippen LogP contribution in [0.25, 0.3) is 0 Å². The lowest BCUT2D eigenvalue weighted by Gasteiger charge is -2.18. The number of carbonyl (C=O) groups excluding carboxylic acids is 2. The molecule has 0 aliphatic carbocycles. The van der Waals surface area contributed by atoms with Crippen LogP contribution in [0.5, 0.6) is 0 Å². The Labute approximate surface area is 331 Å². The van der Waals surface area contributed by atoms with E-state index in [-0.39, 0.29) is 18.5 Å². The van der Waals surface area contributed by atoms with E-state index in [4.69, 9.17) is 14.2 Å². The third kappa shape index (κ3) is 45.1. The first-order valence-corrected chi connectivity index (χ1v) is 23.7.